The van der Waals surface area contributed by atoms with E-state index in [1.54, 1.807) is 13.0 Å². The predicted octanol–water partition coefficient (Wildman–Crippen LogP) is 4.19. The normalized spacial score (nSPS) is 12.2. The van der Waals surface area contributed by atoms with Gasteiger partial charge in [-0.15, -0.1) is 0 Å². The second-order valence-electron chi connectivity index (χ2n) is 4.37. The third kappa shape index (κ3) is 3.55. The van der Waals surface area contributed by atoms with Crippen molar-refractivity contribution in [2.24, 2.45) is 5.73 Å². The molecule has 0 fully saturated rings. The second-order valence-corrected chi connectivity index (χ2v) is 5.22. The number of hydrogen-bond acceptors (Lipinski definition) is 2. The molecule has 1 unspecified atom stereocenters. The number of rotatable bonds is 4. The lowest BCUT2D eigenvalue weighted by atomic mass is 10.1. The summed E-state index contributed by atoms with van der Waals surface area (Å²) in [4.78, 5) is 0. The van der Waals surface area contributed by atoms with Gasteiger partial charge in [0, 0.05) is 11.6 Å². The van der Waals surface area contributed by atoms with E-state index in [0.29, 0.717) is 22.4 Å². The summed E-state index contributed by atoms with van der Waals surface area (Å²) in [5.41, 5.74) is 7.56. The van der Waals surface area contributed by atoms with Crippen molar-refractivity contribution >= 4 is 15.9 Å². The molecular weight excluding hydrogens is 309 g/mol. The highest BCUT2D eigenvalue weighted by Crippen LogP contribution is 2.30. The van der Waals surface area contributed by atoms with Gasteiger partial charge in [-0.25, -0.2) is 4.39 Å². The molecule has 0 spiro atoms. The molecular formula is C15H15BrFNO. The van der Waals surface area contributed by atoms with E-state index in [9.17, 15) is 4.39 Å². The molecule has 4 heteroatoms. The molecule has 1 atom stereocenters. The molecule has 0 aliphatic rings. The van der Waals surface area contributed by atoms with Crippen LogP contribution in [0.15, 0.2) is 46.9 Å². The minimum atomic E-state index is -0.334. The molecule has 0 heterocycles. The number of nitrogens with two attached hydrogens (primary N) is 1. The molecule has 2 aromatic rings. The van der Waals surface area contributed by atoms with Gasteiger partial charge in [-0.3, -0.25) is 0 Å². The quantitative estimate of drug-likeness (QED) is 0.915. The van der Waals surface area contributed by atoms with Crippen LogP contribution in [0.3, 0.4) is 0 Å². The van der Waals surface area contributed by atoms with Crippen LogP contribution in [-0.2, 0) is 6.61 Å². The Bertz CT molecular complexity index is 558. The Labute approximate surface area is 120 Å². The molecule has 100 valence electrons. The first-order valence-corrected chi connectivity index (χ1v) is 6.78. The van der Waals surface area contributed by atoms with Gasteiger partial charge >= 0.3 is 0 Å². The van der Waals surface area contributed by atoms with Crippen molar-refractivity contribution in [3.8, 4) is 5.75 Å². The summed E-state index contributed by atoms with van der Waals surface area (Å²) in [6.45, 7) is 2.23. The largest absolute Gasteiger partial charge is 0.489 e. The van der Waals surface area contributed by atoms with E-state index in [-0.39, 0.29) is 11.9 Å². The maximum atomic E-state index is 13.5. The van der Waals surface area contributed by atoms with Crippen LogP contribution >= 0.6 is 15.9 Å². The molecule has 0 bridgehead atoms. The lowest BCUT2D eigenvalue weighted by molar-refractivity contribution is 0.300. The minimum absolute atomic E-state index is 0.284. The maximum Gasteiger partial charge on any atom is 0.137 e. The van der Waals surface area contributed by atoms with E-state index in [1.807, 2.05) is 30.3 Å². The topological polar surface area (TPSA) is 35.2 Å². The highest BCUT2D eigenvalue weighted by molar-refractivity contribution is 9.10. The van der Waals surface area contributed by atoms with E-state index in [1.165, 1.54) is 6.07 Å². The summed E-state index contributed by atoms with van der Waals surface area (Å²) in [5, 5.41) is 0. The van der Waals surface area contributed by atoms with Gasteiger partial charge in [0.05, 0.1) is 4.47 Å². The first-order valence-electron chi connectivity index (χ1n) is 5.99. The molecule has 2 rings (SSSR count). The lowest BCUT2D eigenvalue weighted by Crippen LogP contribution is -2.09. The van der Waals surface area contributed by atoms with E-state index in [0.717, 1.165) is 5.56 Å². The Morgan fingerprint density at radius 3 is 2.58 bits per heavy atom. The molecule has 0 saturated carbocycles. The van der Waals surface area contributed by atoms with Crippen molar-refractivity contribution in [3.05, 3.63) is 63.9 Å². The van der Waals surface area contributed by atoms with Crippen molar-refractivity contribution in [1.82, 2.24) is 0 Å². The van der Waals surface area contributed by atoms with E-state index in [4.69, 9.17) is 10.5 Å². The van der Waals surface area contributed by atoms with Gasteiger partial charge in [0.2, 0.25) is 0 Å². The van der Waals surface area contributed by atoms with Gasteiger partial charge in [-0.05, 0) is 40.5 Å². The van der Waals surface area contributed by atoms with Gasteiger partial charge in [0.1, 0.15) is 18.2 Å². The van der Waals surface area contributed by atoms with Crippen molar-refractivity contribution in [3.63, 3.8) is 0 Å². The fourth-order valence-corrected chi connectivity index (χ4v) is 2.08. The van der Waals surface area contributed by atoms with E-state index in [2.05, 4.69) is 15.9 Å². The fraction of sp³-hybridized carbons (Fsp3) is 0.200. The van der Waals surface area contributed by atoms with Crippen molar-refractivity contribution in [2.75, 3.05) is 0 Å². The summed E-state index contributed by atoms with van der Waals surface area (Å²) in [7, 11) is 0. The summed E-state index contributed by atoms with van der Waals surface area (Å²) >= 11 is 3.16. The van der Waals surface area contributed by atoms with Crippen LogP contribution in [0.5, 0.6) is 5.75 Å². The molecule has 19 heavy (non-hydrogen) atoms. The Morgan fingerprint density at radius 2 is 1.95 bits per heavy atom. The maximum absolute atomic E-state index is 13.5. The lowest BCUT2D eigenvalue weighted by Gasteiger charge is -2.15. The fourth-order valence-electron chi connectivity index (χ4n) is 1.76. The molecule has 2 N–H and O–H groups in total. The number of benzene rings is 2. The highest BCUT2D eigenvalue weighted by Gasteiger charge is 2.13. The highest BCUT2D eigenvalue weighted by atomic mass is 79.9. The standard InChI is InChI=1S/C15H15BrFNO/c1-10(18)12-7-14(17)13(16)8-15(12)19-9-11-5-3-2-4-6-11/h2-8,10H,9,18H2,1H3. The van der Waals surface area contributed by atoms with Crippen LogP contribution in [0.25, 0.3) is 0 Å². The molecule has 0 saturated heterocycles. The van der Waals surface area contributed by atoms with Crippen molar-refractivity contribution in [1.29, 1.82) is 0 Å². The van der Waals surface area contributed by atoms with Gasteiger partial charge in [0.25, 0.3) is 0 Å². The molecule has 2 aromatic carbocycles. The van der Waals surface area contributed by atoms with Gasteiger partial charge in [-0.2, -0.15) is 0 Å². The number of hydrogen-bond donors (Lipinski definition) is 1. The first-order chi connectivity index (χ1) is 9.08. The zero-order valence-electron chi connectivity index (χ0n) is 10.6. The van der Waals surface area contributed by atoms with Crippen LogP contribution in [0.1, 0.15) is 24.1 Å². The Hall–Kier alpha value is -1.39. The molecule has 0 radical (unpaired) electrons. The second kappa shape index (κ2) is 6.17. The Morgan fingerprint density at radius 1 is 1.26 bits per heavy atom. The molecule has 0 amide bonds. The summed E-state index contributed by atoms with van der Waals surface area (Å²) in [5.74, 6) is 0.270. The zero-order chi connectivity index (χ0) is 13.8. The third-order valence-electron chi connectivity index (χ3n) is 2.78. The van der Waals surface area contributed by atoms with Gasteiger partial charge in [-0.1, -0.05) is 30.3 Å². The summed E-state index contributed by atoms with van der Waals surface area (Å²) in [6, 6.07) is 12.6. The minimum Gasteiger partial charge on any atom is -0.489 e. The summed E-state index contributed by atoms with van der Waals surface area (Å²) < 4.78 is 19.6. The molecule has 2 nitrogen and oxygen atoms in total. The van der Waals surface area contributed by atoms with Crippen molar-refractivity contribution < 1.29 is 9.13 Å². The zero-order valence-corrected chi connectivity index (χ0v) is 12.2. The number of halogens is 2. The molecule has 0 aliphatic heterocycles. The Kier molecular flexibility index (Phi) is 4.56. The SMILES string of the molecule is CC(N)c1cc(F)c(Br)cc1OCc1ccccc1. The number of ether oxygens (including phenoxy) is 1. The van der Waals surface area contributed by atoms with E-state index < -0.39 is 0 Å². The van der Waals surface area contributed by atoms with Crippen LogP contribution in [0, 0.1) is 5.82 Å². The molecule has 0 aromatic heterocycles. The van der Waals surface area contributed by atoms with Crippen LogP contribution in [0.4, 0.5) is 4.39 Å². The van der Waals surface area contributed by atoms with Crippen molar-refractivity contribution in [2.45, 2.75) is 19.6 Å². The average Bonchev–Trinajstić information content (AvgIpc) is 2.40. The van der Waals surface area contributed by atoms with Crippen LogP contribution < -0.4 is 10.5 Å². The molecule has 0 aliphatic carbocycles. The Balaban J connectivity index is 2.22. The van der Waals surface area contributed by atoms with E-state index >= 15 is 0 Å². The van der Waals surface area contributed by atoms with Gasteiger partial charge < -0.3 is 10.5 Å². The third-order valence-corrected chi connectivity index (χ3v) is 3.39. The summed E-state index contributed by atoms with van der Waals surface area (Å²) in [6.07, 6.45) is 0. The van der Waals surface area contributed by atoms with Gasteiger partial charge in [0.15, 0.2) is 0 Å². The van der Waals surface area contributed by atoms with Crippen LogP contribution in [-0.4, -0.2) is 0 Å². The average molecular weight is 324 g/mol. The van der Waals surface area contributed by atoms with Crippen LogP contribution in [0.2, 0.25) is 0 Å². The predicted molar refractivity (Wildman–Crippen MR) is 77.5 cm³/mol. The first kappa shape index (κ1) is 14.0. The monoisotopic (exact) mass is 323 g/mol. The smallest absolute Gasteiger partial charge is 0.137 e.